The van der Waals surface area contributed by atoms with Gasteiger partial charge < -0.3 is 10.6 Å². The molecule has 2 aromatic carbocycles. The summed E-state index contributed by atoms with van der Waals surface area (Å²) in [6.07, 6.45) is 3.21. The lowest BCUT2D eigenvalue weighted by atomic mass is 10.1. The molecular formula is C19H21FN2O. The van der Waals surface area contributed by atoms with E-state index in [1.807, 2.05) is 29.2 Å². The molecule has 23 heavy (non-hydrogen) atoms. The van der Waals surface area contributed by atoms with Gasteiger partial charge in [-0.1, -0.05) is 30.3 Å². The molecule has 1 amide bonds. The fourth-order valence-corrected chi connectivity index (χ4v) is 2.74. The Labute approximate surface area is 135 Å². The minimum Gasteiger partial charge on any atom is -0.399 e. The van der Waals surface area contributed by atoms with E-state index in [2.05, 4.69) is 0 Å². The molecule has 0 heterocycles. The molecule has 3 nitrogen and oxygen atoms in total. The predicted octanol–water partition coefficient (Wildman–Crippen LogP) is 3.53. The van der Waals surface area contributed by atoms with Crippen molar-refractivity contribution in [3.8, 4) is 0 Å². The summed E-state index contributed by atoms with van der Waals surface area (Å²) in [5, 5.41) is 0. The van der Waals surface area contributed by atoms with Crippen LogP contribution in [0.15, 0.2) is 48.5 Å². The summed E-state index contributed by atoms with van der Waals surface area (Å²) in [7, 11) is 0. The van der Waals surface area contributed by atoms with E-state index >= 15 is 0 Å². The number of anilines is 1. The summed E-state index contributed by atoms with van der Waals surface area (Å²) >= 11 is 0. The molecule has 2 aromatic rings. The van der Waals surface area contributed by atoms with Crippen LogP contribution >= 0.6 is 0 Å². The highest BCUT2D eigenvalue weighted by molar-refractivity contribution is 5.77. The summed E-state index contributed by atoms with van der Waals surface area (Å²) in [5.41, 5.74) is 8.64. The van der Waals surface area contributed by atoms with Gasteiger partial charge in [-0.25, -0.2) is 4.39 Å². The molecule has 0 aliphatic heterocycles. The average Bonchev–Trinajstić information content (AvgIpc) is 3.38. The molecule has 2 N–H and O–H groups in total. The number of amides is 1. The Balaban J connectivity index is 1.63. The Morgan fingerprint density at radius 3 is 2.48 bits per heavy atom. The predicted molar refractivity (Wildman–Crippen MR) is 89.1 cm³/mol. The number of para-hydroxylation sites is 1. The van der Waals surface area contributed by atoms with Crippen LogP contribution < -0.4 is 5.73 Å². The van der Waals surface area contributed by atoms with Gasteiger partial charge in [0.15, 0.2) is 0 Å². The van der Waals surface area contributed by atoms with E-state index in [0.29, 0.717) is 25.4 Å². The van der Waals surface area contributed by atoms with Crippen LogP contribution in [0.2, 0.25) is 0 Å². The van der Waals surface area contributed by atoms with Crippen molar-refractivity contribution in [3.63, 3.8) is 0 Å². The van der Waals surface area contributed by atoms with Gasteiger partial charge in [0, 0.05) is 24.7 Å². The largest absolute Gasteiger partial charge is 0.399 e. The lowest BCUT2D eigenvalue weighted by Gasteiger charge is -2.23. The van der Waals surface area contributed by atoms with Gasteiger partial charge in [0.25, 0.3) is 0 Å². The highest BCUT2D eigenvalue weighted by Gasteiger charge is 2.32. The van der Waals surface area contributed by atoms with Crippen molar-refractivity contribution in [2.24, 2.45) is 0 Å². The molecule has 0 atom stereocenters. The quantitative estimate of drug-likeness (QED) is 0.829. The maximum atomic E-state index is 13.0. The summed E-state index contributed by atoms with van der Waals surface area (Å²) in [6.45, 7) is 0.550. The molecule has 4 heteroatoms. The Kier molecular flexibility index (Phi) is 4.60. The standard InChI is InChI=1S/C19H21FN2O/c20-16-8-5-14(6-9-16)13-22(17-10-11-17)19(23)12-7-15-3-1-2-4-18(15)21/h1-6,8-9,17H,7,10-13,21H2. The molecule has 1 saturated carbocycles. The molecular weight excluding hydrogens is 291 g/mol. The number of nitrogens with two attached hydrogens (primary N) is 1. The number of aryl methyl sites for hydroxylation is 1. The first-order valence-electron chi connectivity index (χ1n) is 8.01. The molecule has 0 aromatic heterocycles. The van der Waals surface area contributed by atoms with Crippen LogP contribution in [0, 0.1) is 5.82 Å². The smallest absolute Gasteiger partial charge is 0.223 e. The molecule has 1 aliphatic carbocycles. The van der Waals surface area contributed by atoms with E-state index in [1.165, 1.54) is 12.1 Å². The fraction of sp³-hybridized carbons (Fsp3) is 0.316. The number of carbonyl (C=O) groups excluding carboxylic acids is 1. The number of benzene rings is 2. The SMILES string of the molecule is Nc1ccccc1CCC(=O)N(Cc1ccc(F)cc1)C1CC1. The Bertz CT molecular complexity index is 680. The van der Waals surface area contributed by atoms with Crippen LogP contribution in [-0.2, 0) is 17.8 Å². The first-order chi connectivity index (χ1) is 11.1. The average molecular weight is 312 g/mol. The van der Waals surface area contributed by atoms with E-state index in [1.54, 1.807) is 12.1 Å². The van der Waals surface area contributed by atoms with Crippen molar-refractivity contribution < 1.29 is 9.18 Å². The van der Waals surface area contributed by atoms with E-state index in [4.69, 9.17) is 5.73 Å². The first-order valence-corrected chi connectivity index (χ1v) is 8.01. The highest BCUT2D eigenvalue weighted by Crippen LogP contribution is 2.29. The second-order valence-electron chi connectivity index (χ2n) is 6.08. The molecule has 0 bridgehead atoms. The molecule has 3 rings (SSSR count). The third-order valence-corrected chi connectivity index (χ3v) is 4.24. The van der Waals surface area contributed by atoms with Crippen LogP contribution in [0.5, 0.6) is 0 Å². The van der Waals surface area contributed by atoms with Crippen molar-refractivity contribution in [2.75, 3.05) is 5.73 Å². The van der Waals surface area contributed by atoms with E-state index in [0.717, 1.165) is 29.7 Å². The fourth-order valence-electron chi connectivity index (χ4n) is 2.74. The number of halogens is 1. The second-order valence-corrected chi connectivity index (χ2v) is 6.08. The van der Waals surface area contributed by atoms with Crippen LogP contribution in [0.3, 0.4) is 0 Å². The van der Waals surface area contributed by atoms with Crippen molar-refractivity contribution in [2.45, 2.75) is 38.3 Å². The number of hydrogen-bond donors (Lipinski definition) is 1. The summed E-state index contributed by atoms with van der Waals surface area (Å²) in [5.74, 6) is -0.113. The third kappa shape index (κ3) is 4.09. The van der Waals surface area contributed by atoms with E-state index in [9.17, 15) is 9.18 Å². The minimum absolute atomic E-state index is 0.139. The van der Waals surface area contributed by atoms with Gasteiger partial charge in [-0.15, -0.1) is 0 Å². The van der Waals surface area contributed by atoms with Gasteiger partial charge >= 0.3 is 0 Å². The maximum absolute atomic E-state index is 13.0. The summed E-state index contributed by atoms with van der Waals surface area (Å²) in [4.78, 5) is 14.5. The minimum atomic E-state index is -0.252. The molecule has 1 aliphatic rings. The van der Waals surface area contributed by atoms with Crippen molar-refractivity contribution in [3.05, 3.63) is 65.5 Å². The molecule has 1 fully saturated rings. The zero-order valence-electron chi connectivity index (χ0n) is 13.0. The topological polar surface area (TPSA) is 46.3 Å². The van der Waals surface area contributed by atoms with Crippen LogP contribution in [0.25, 0.3) is 0 Å². The maximum Gasteiger partial charge on any atom is 0.223 e. The van der Waals surface area contributed by atoms with Crippen molar-refractivity contribution >= 4 is 11.6 Å². The number of hydrogen-bond acceptors (Lipinski definition) is 2. The second kappa shape index (κ2) is 6.82. The number of carbonyl (C=O) groups is 1. The van der Waals surface area contributed by atoms with Crippen LogP contribution in [-0.4, -0.2) is 16.8 Å². The van der Waals surface area contributed by atoms with Crippen molar-refractivity contribution in [1.29, 1.82) is 0 Å². The lowest BCUT2D eigenvalue weighted by molar-refractivity contribution is -0.132. The molecule has 0 unspecified atom stereocenters. The zero-order chi connectivity index (χ0) is 16.2. The molecule has 0 saturated heterocycles. The van der Waals surface area contributed by atoms with Gasteiger partial charge in [-0.3, -0.25) is 4.79 Å². The summed E-state index contributed by atoms with van der Waals surface area (Å²) in [6, 6.07) is 14.4. The van der Waals surface area contributed by atoms with Gasteiger partial charge in [-0.2, -0.15) is 0 Å². The Morgan fingerprint density at radius 2 is 1.83 bits per heavy atom. The molecule has 0 radical (unpaired) electrons. The summed E-state index contributed by atoms with van der Waals surface area (Å²) < 4.78 is 13.0. The van der Waals surface area contributed by atoms with Crippen LogP contribution in [0.4, 0.5) is 10.1 Å². The highest BCUT2D eigenvalue weighted by atomic mass is 19.1. The zero-order valence-corrected chi connectivity index (χ0v) is 13.0. The lowest BCUT2D eigenvalue weighted by Crippen LogP contribution is -2.32. The van der Waals surface area contributed by atoms with Crippen molar-refractivity contribution in [1.82, 2.24) is 4.90 Å². The monoisotopic (exact) mass is 312 g/mol. The normalized spacial score (nSPS) is 13.8. The third-order valence-electron chi connectivity index (χ3n) is 4.24. The van der Waals surface area contributed by atoms with Gasteiger partial charge in [0.1, 0.15) is 5.82 Å². The number of nitrogens with zero attached hydrogens (tertiary/aromatic N) is 1. The van der Waals surface area contributed by atoms with Gasteiger partial charge in [0.05, 0.1) is 0 Å². The number of rotatable bonds is 6. The van der Waals surface area contributed by atoms with Gasteiger partial charge in [0.2, 0.25) is 5.91 Å². The number of nitrogen functional groups attached to an aromatic ring is 1. The van der Waals surface area contributed by atoms with Gasteiger partial charge in [-0.05, 0) is 48.6 Å². The van der Waals surface area contributed by atoms with Crippen LogP contribution in [0.1, 0.15) is 30.4 Å². The van der Waals surface area contributed by atoms with E-state index < -0.39 is 0 Å². The Hall–Kier alpha value is -2.36. The molecule has 0 spiro atoms. The molecule has 120 valence electrons. The first kappa shape index (κ1) is 15.5. The Morgan fingerprint density at radius 1 is 1.13 bits per heavy atom. The van der Waals surface area contributed by atoms with E-state index in [-0.39, 0.29) is 11.7 Å².